The van der Waals surface area contributed by atoms with Crippen LogP contribution in [0.2, 0.25) is 0 Å². The number of benzene rings is 1. The van der Waals surface area contributed by atoms with Gasteiger partial charge < -0.3 is 20.1 Å². The maximum absolute atomic E-state index is 14.2. The normalized spacial score (nSPS) is 20.7. The molecule has 0 radical (unpaired) electrons. The summed E-state index contributed by atoms with van der Waals surface area (Å²) in [6, 6.07) is 4.85. The Bertz CT molecular complexity index is 456. The summed E-state index contributed by atoms with van der Waals surface area (Å²) >= 11 is 0. The first kappa shape index (κ1) is 16.2. The van der Waals surface area contributed by atoms with Gasteiger partial charge in [0.2, 0.25) is 0 Å². The summed E-state index contributed by atoms with van der Waals surface area (Å²) in [5.41, 5.74) is 0.599. The molecule has 0 aliphatic carbocycles. The quantitative estimate of drug-likeness (QED) is 0.807. The third kappa shape index (κ3) is 4.15. The highest BCUT2D eigenvalue weighted by Gasteiger charge is 2.24. The van der Waals surface area contributed by atoms with E-state index in [1.165, 1.54) is 6.07 Å². The minimum atomic E-state index is -0.234. The van der Waals surface area contributed by atoms with Gasteiger partial charge in [0.25, 0.3) is 0 Å². The maximum Gasteiger partial charge on any atom is 0.131 e. The molecule has 0 amide bonds. The summed E-state index contributed by atoms with van der Waals surface area (Å²) < 4.78 is 19.5. The van der Waals surface area contributed by atoms with Crippen LogP contribution in [-0.2, 0) is 0 Å². The predicted octanol–water partition coefficient (Wildman–Crippen LogP) is 1.94. The topological polar surface area (TPSA) is 44.7 Å². The Labute approximate surface area is 125 Å². The number of hydrogen-bond donors (Lipinski definition) is 2. The molecule has 0 saturated carbocycles. The highest BCUT2D eigenvalue weighted by atomic mass is 19.1. The molecule has 2 atom stereocenters. The Morgan fingerprint density at radius 1 is 1.52 bits per heavy atom. The number of aliphatic hydroxyl groups is 1. The molecule has 2 rings (SSSR count). The second-order valence-electron chi connectivity index (χ2n) is 5.50. The first-order chi connectivity index (χ1) is 10.2. The molecule has 0 spiro atoms. The van der Waals surface area contributed by atoms with Crippen LogP contribution in [0.4, 0.5) is 4.39 Å². The Balaban J connectivity index is 2.08. The third-order valence-corrected chi connectivity index (χ3v) is 4.01. The van der Waals surface area contributed by atoms with E-state index in [9.17, 15) is 9.50 Å². The zero-order chi connectivity index (χ0) is 15.2. The lowest BCUT2D eigenvalue weighted by Crippen LogP contribution is -2.29. The zero-order valence-corrected chi connectivity index (χ0v) is 12.8. The number of β-amino-alcohol motifs (C(OH)–C–C–N with tert-alkyl or cyclic N) is 1. The molecule has 1 saturated heterocycles. The first-order valence-corrected chi connectivity index (χ1v) is 7.62. The van der Waals surface area contributed by atoms with Gasteiger partial charge in [0.15, 0.2) is 0 Å². The van der Waals surface area contributed by atoms with Crippen LogP contribution in [0.3, 0.4) is 0 Å². The van der Waals surface area contributed by atoms with Crippen LogP contribution in [-0.4, -0.2) is 49.4 Å². The number of methoxy groups -OCH3 is 1. The average molecular weight is 296 g/mol. The van der Waals surface area contributed by atoms with Crippen LogP contribution in [0, 0.1) is 5.82 Å². The van der Waals surface area contributed by atoms with Crippen molar-refractivity contribution >= 4 is 0 Å². The Kier molecular flexibility index (Phi) is 5.96. The second-order valence-corrected chi connectivity index (χ2v) is 5.50. The van der Waals surface area contributed by atoms with Gasteiger partial charge in [0.1, 0.15) is 11.6 Å². The van der Waals surface area contributed by atoms with Crippen molar-refractivity contribution in [2.45, 2.75) is 31.9 Å². The number of nitrogens with zero attached hydrogens (tertiary/aromatic N) is 1. The minimum absolute atomic E-state index is 0.0797. The molecule has 0 aromatic heterocycles. The van der Waals surface area contributed by atoms with Crippen molar-refractivity contribution in [3.05, 3.63) is 29.6 Å². The molecular weight excluding hydrogens is 271 g/mol. The molecule has 1 aromatic rings. The smallest absolute Gasteiger partial charge is 0.131 e. The van der Waals surface area contributed by atoms with E-state index in [0.717, 1.165) is 32.5 Å². The van der Waals surface area contributed by atoms with Crippen molar-refractivity contribution in [3.63, 3.8) is 0 Å². The average Bonchev–Trinajstić information content (AvgIpc) is 2.89. The largest absolute Gasteiger partial charge is 0.496 e. The van der Waals surface area contributed by atoms with Gasteiger partial charge in [-0.25, -0.2) is 4.39 Å². The monoisotopic (exact) mass is 296 g/mol. The van der Waals surface area contributed by atoms with Gasteiger partial charge in [0.05, 0.1) is 13.2 Å². The van der Waals surface area contributed by atoms with Gasteiger partial charge >= 0.3 is 0 Å². The molecule has 2 N–H and O–H groups in total. The van der Waals surface area contributed by atoms with Crippen molar-refractivity contribution in [2.24, 2.45) is 0 Å². The van der Waals surface area contributed by atoms with Crippen molar-refractivity contribution in [1.29, 1.82) is 0 Å². The molecule has 0 bridgehead atoms. The number of nitrogens with one attached hydrogen (secondary N) is 1. The molecule has 1 fully saturated rings. The Morgan fingerprint density at radius 2 is 2.33 bits per heavy atom. The van der Waals surface area contributed by atoms with E-state index in [1.54, 1.807) is 19.2 Å². The van der Waals surface area contributed by atoms with Crippen LogP contribution < -0.4 is 10.1 Å². The molecule has 1 heterocycles. The van der Waals surface area contributed by atoms with Crippen molar-refractivity contribution in [1.82, 2.24) is 10.2 Å². The van der Waals surface area contributed by atoms with Gasteiger partial charge in [-0.3, -0.25) is 0 Å². The van der Waals surface area contributed by atoms with Gasteiger partial charge in [-0.2, -0.15) is 0 Å². The lowest BCUT2D eigenvalue weighted by Gasteiger charge is -2.24. The summed E-state index contributed by atoms with van der Waals surface area (Å²) in [5.74, 6) is 0.351. The second kappa shape index (κ2) is 7.73. The number of likely N-dealkylation sites (tertiary alicyclic amines) is 1. The number of hydrogen-bond acceptors (Lipinski definition) is 4. The highest BCUT2D eigenvalue weighted by Crippen LogP contribution is 2.30. The van der Waals surface area contributed by atoms with Gasteiger partial charge in [-0.05, 0) is 31.5 Å². The van der Waals surface area contributed by atoms with Crippen molar-refractivity contribution in [2.75, 3.05) is 33.3 Å². The fraction of sp³-hybridized carbons (Fsp3) is 0.625. The lowest BCUT2D eigenvalue weighted by molar-refractivity contribution is 0.174. The molecule has 1 aliphatic heterocycles. The molecule has 1 aromatic carbocycles. The molecule has 21 heavy (non-hydrogen) atoms. The SMILES string of the molecule is CCNC(CCN1CCC(O)C1)c1c(F)cccc1OC. The van der Waals surface area contributed by atoms with Crippen LogP contribution in [0.15, 0.2) is 18.2 Å². The van der Waals surface area contributed by atoms with E-state index in [0.29, 0.717) is 17.9 Å². The van der Waals surface area contributed by atoms with Crippen molar-refractivity contribution in [3.8, 4) is 5.75 Å². The summed E-state index contributed by atoms with van der Waals surface area (Å²) in [6.07, 6.45) is 1.40. The maximum atomic E-state index is 14.2. The fourth-order valence-electron chi connectivity index (χ4n) is 2.96. The van der Waals surface area contributed by atoms with Crippen LogP contribution in [0.25, 0.3) is 0 Å². The molecular formula is C16H25FN2O2. The predicted molar refractivity (Wildman–Crippen MR) is 81.1 cm³/mol. The highest BCUT2D eigenvalue weighted by molar-refractivity contribution is 5.37. The number of aliphatic hydroxyl groups excluding tert-OH is 1. The molecule has 2 unspecified atom stereocenters. The first-order valence-electron chi connectivity index (χ1n) is 7.62. The summed E-state index contributed by atoms with van der Waals surface area (Å²) in [7, 11) is 1.57. The summed E-state index contributed by atoms with van der Waals surface area (Å²) in [4.78, 5) is 2.22. The fourth-order valence-corrected chi connectivity index (χ4v) is 2.96. The minimum Gasteiger partial charge on any atom is -0.496 e. The van der Waals surface area contributed by atoms with E-state index in [2.05, 4.69) is 10.2 Å². The molecule has 118 valence electrons. The Morgan fingerprint density at radius 3 is 2.95 bits per heavy atom. The van der Waals surface area contributed by atoms with E-state index in [1.807, 2.05) is 6.92 Å². The molecule has 4 nitrogen and oxygen atoms in total. The Hall–Kier alpha value is -1.17. The number of rotatable bonds is 7. The van der Waals surface area contributed by atoms with E-state index >= 15 is 0 Å². The van der Waals surface area contributed by atoms with E-state index in [-0.39, 0.29) is 18.0 Å². The van der Waals surface area contributed by atoms with Gasteiger partial charge in [-0.15, -0.1) is 0 Å². The summed E-state index contributed by atoms with van der Waals surface area (Å²) in [6.45, 7) is 5.25. The molecule has 1 aliphatic rings. The van der Waals surface area contributed by atoms with Gasteiger partial charge in [0, 0.05) is 31.2 Å². The van der Waals surface area contributed by atoms with Gasteiger partial charge in [-0.1, -0.05) is 13.0 Å². The van der Waals surface area contributed by atoms with Crippen LogP contribution >= 0.6 is 0 Å². The standard InChI is InChI=1S/C16H25FN2O2/c1-3-18-14(8-10-19-9-7-12(20)11-19)16-13(17)5-4-6-15(16)21-2/h4-6,12,14,18,20H,3,7-11H2,1-2H3. The van der Waals surface area contributed by atoms with Crippen LogP contribution in [0.5, 0.6) is 5.75 Å². The van der Waals surface area contributed by atoms with E-state index in [4.69, 9.17) is 4.74 Å². The van der Waals surface area contributed by atoms with Crippen LogP contribution in [0.1, 0.15) is 31.4 Å². The third-order valence-electron chi connectivity index (χ3n) is 4.01. The molecule has 5 heteroatoms. The number of ether oxygens (including phenoxy) is 1. The number of halogens is 1. The van der Waals surface area contributed by atoms with Crippen molar-refractivity contribution < 1.29 is 14.2 Å². The lowest BCUT2D eigenvalue weighted by atomic mass is 10.0. The summed E-state index contributed by atoms with van der Waals surface area (Å²) in [5, 5.41) is 12.9. The van der Waals surface area contributed by atoms with E-state index < -0.39 is 0 Å². The zero-order valence-electron chi connectivity index (χ0n) is 12.8.